The lowest BCUT2D eigenvalue weighted by molar-refractivity contribution is 0.0618. The van der Waals surface area contributed by atoms with Crippen molar-refractivity contribution in [1.82, 2.24) is 0 Å². The molecule has 0 aromatic carbocycles. The number of hydrogen-bond acceptors (Lipinski definition) is 2. The average Bonchev–Trinajstić information content (AvgIpc) is 2.31. The van der Waals surface area contributed by atoms with Crippen LogP contribution in [0.5, 0.6) is 0 Å². The van der Waals surface area contributed by atoms with Crippen molar-refractivity contribution in [3.8, 4) is 0 Å². The van der Waals surface area contributed by atoms with Gasteiger partial charge in [-0.1, -0.05) is 61.4 Å². The quantitative estimate of drug-likeness (QED) is 0.800. The summed E-state index contributed by atoms with van der Waals surface area (Å²) < 4.78 is 0. The molecule has 0 aromatic rings. The fourth-order valence-corrected chi connectivity index (χ4v) is 2.72. The van der Waals surface area contributed by atoms with Crippen molar-refractivity contribution in [2.45, 2.75) is 45.3 Å². The molecule has 0 fully saturated rings. The van der Waals surface area contributed by atoms with E-state index in [2.05, 4.69) is 26.0 Å². The second kappa shape index (κ2) is 4.77. The van der Waals surface area contributed by atoms with Crippen LogP contribution in [0.3, 0.4) is 0 Å². The molecule has 0 radical (unpaired) electrons. The van der Waals surface area contributed by atoms with Crippen molar-refractivity contribution in [3.63, 3.8) is 0 Å². The minimum Gasteiger partial charge on any atom is -0.385 e. The molecular formula is C17H24O2. The molecule has 0 heterocycles. The summed E-state index contributed by atoms with van der Waals surface area (Å²) in [6.07, 6.45) is 12.5. The Balaban J connectivity index is 2.19. The van der Waals surface area contributed by atoms with Gasteiger partial charge in [0.25, 0.3) is 0 Å². The molecule has 104 valence electrons. The standard InChI is InChI=1S/C17H24O2/c1-12-14(7-5-9-16(12,3)18)11-15-8-6-10-17(4,19)13(15)2/h5-10,12-13,18-19H,11H2,1-4H3. The first-order valence-electron chi connectivity index (χ1n) is 6.95. The molecule has 0 bridgehead atoms. The Morgan fingerprint density at radius 3 is 1.63 bits per heavy atom. The SMILES string of the molecule is CC1C(CC2=CC=CC(C)(O)C2C)=CC=CC1(C)O. The highest BCUT2D eigenvalue weighted by atomic mass is 16.3. The van der Waals surface area contributed by atoms with Gasteiger partial charge >= 0.3 is 0 Å². The highest BCUT2D eigenvalue weighted by molar-refractivity contribution is 5.35. The summed E-state index contributed by atoms with van der Waals surface area (Å²) in [5.41, 5.74) is 0.885. The van der Waals surface area contributed by atoms with E-state index < -0.39 is 11.2 Å². The molecular weight excluding hydrogens is 236 g/mol. The molecule has 0 aromatic heterocycles. The van der Waals surface area contributed by atoms with Crippen LogP contribution in [0, 0.1) is 11.8 Å². The Hall–Kier alpha value is -1.12. The van der Waals surface area contributed by atoms with Crippen LogP contribution in [0.2, 0.25) is 0 Å². The molecule has 0 spiro atoms. The van der Waals surface area contributed by atoms with E-state index in [0.29, 0.717) is 0 Å². The van der Waals surface area contributed by atoms with Crippen LogP contribution in [-0.4, -0.2) is 21.4 Å². The van der Waals surface area contributed by atoms with Gasteiger partial charge in [0.15, 0.2) is 0 Å². The van der Waals surface area contributed by atoms with E-state index in [1.54, 1.807) is 0 Å². The van der Waals surface area contributed by atoms with E-state index in [9.17, 15) is 10.2 Å². The van der Waals surface area contributed by atoms with Gasteiger partial charge in [0.2, 0.25) is 0 Å². The molecule has 2 aliphatic rings. The Morgan fingerprint density at radius 2 is 1.26 bits per heavy atom. The van der Waals surface area contributed by atoms with Gasteiger partial charge < -0.3 is 10.2 Å². The van der Waals surface area contributed by atoms with E-state index >= 15 is 0 Å². The van der Waals surface area contributed by atoms with Crippen molar-refractivity contribution in [3.05, 3.63) is 47.6 Å². The zero-order chi connectivity index (χ0) is 14.3. The van der Waals surface area contributed by atoms with E-state index in [4.69, 9.17) is 0 Å². The van der Waals surface area contributed by atoms with E-state index in [-0.39, 0.29) is 11.8 Å². The maximum atomic E-state index is 10.3. The van der Waals surface area contributed by atoms with Crippen molar-refractivity contribution < 1.29 is 10.2 Å². The minimum absolute atomic E-state index is 0.0986. The van der Waals surface area contributed by atoms with Gasteiger partial charge in [-0.25, -0.2) is 0 Å². The van der Waals surface area contributed by atoms with Crippen LogP contribution in [0.4, 0.5) is 0 Å². The second-order valence-corrected chi connectivity index (χ2v) is 6.27. The summed E-state index contributed by atoms with van der Waals surface area (Å²) in [6, 6.07) is 0. The zero-order valence-electron chi connectivity index (χ0n) is 12.2. The second-order valence-electron chi connectivity index (χ2n) is 6.27. The van der Waals surface area contributed by atoms with Crippen LogP contribution < -0.4 is 0 Å². The predicted molar refractivity (Wildman–Crippen MR) is 78.6 cm³/mol. The van der Waals surface area contributed by atoms with E-state index in [0.717, 1.165) is 6.42 Å². The molecule has 4 unspecified atom stereocenters. The smallest absolute Gasteiger partial charge is 0.0865 e. The third kappa shape index (κ3) is 2.75. The van der Waals surface area contributed by atoms with Crippen molar-refractivity contribution in [2.24, 2.45) is 11.8 Å². The summed E-state index contributed by atoms with van der Waals surface area (Å²) in [5, 5.41) is 20.6. The lowest BCUT2D eigenvalue weighted by Crippen LogP contribution is -2.36. The summed E-state index contributed by atoms with van der Waals surface area (Å²) >= 11 is 0. The molecule has 19 heavy (non-hydrogen) atoms. The third-order valence-corrected chi connectivity index (χ3v) is 4.76. The summed E-state index contributed by atoms with van der Waals surface area (Å²) in [5.74, 6) is 0.197. The highest BCUT2D eigenvalue weighted by Gasteiger charge is 2.34. The monoisotopic (exact) mass is 260 g/mol. The van der Waals surface area contributed by atoms with Gasteiger partial charge in [-0.05, 0) is 20.3 Å². The first-order chi connectivity index (χ1) is 8.74. The maximum absolute atomic E-state index is 10.3. The highest BCUT2D eigenvalue weighted by Crippen LogP contribution is 2.38. The number of aliphatic hydroxyl groups is 2. The summed E-state index contributed by atoms with van der Waals surface area (Å²) in [4.78, 5) is 0. The average molecular weight is 260 g/mol. The lowest BCUT2D eigenvalue weighted by atomic mass is 9.74. The molecule has 2 rings (SSSR count). The van der Waals surface area contributed by atoms with Crippen molar-refractivity contribution in [2.75, 3.05) is 0 Å². The first kappa shape index (κ1) is 14.3. The molecule has 0 amide bonds. The van der Waals surface area contributed by atoms with Crippen LogP contribution in [-0.2, 0) is 0 Å². The maximum Gasteiger partial charge on any atom is 0.0865 e. The Labute approximate surface area is 115 Å². The third-order valence-electron chi connectivity index (χ3n) is 4.76. The molecule has 0 saturated heterocycles. The number of hydrogen-bond donors (Lipinski definition) is 2. The van der Waals surface area contributed by atoms with Crippen molar-refractivity contribution >= 4 is 0 Å². The molecule has 4 atom stereocenters. The molecule has 2 heteroatoms. The zero-order valence-corrected chi connectivity index (χ0v) is 12.2. The van der Waals surface area contributed by atoms with Crippen molar-refractivity contribution in [1.29, 1.82) is 0 Å². The Kier molecular flexibility index (Phi) is 3.59. The fourth-order valence-electron chi connectivity index (χ4n) is 2.72. The van der Waals surface area contributed by atoms with Gasteiger partial charge in [0, 0.05) is 11.8 Å². The fraction of sp³-hybridized carbons (Fsp3) is 0.529. The first-order valence-corrected chi connectivity index (χ1v) is 6.95. The molecule has 0 aliphatic heterocycles. The van der Waals surface area contributed by atoms with Crippen LogP contribution in [0.1, 0.15) is 34.1 Å². The van der Waals surface area contributed by atoms with Gasteiger partial charge in [0.05, 0.1) is 11.2 Å². The molecule has 0 saturated carbocycles. The largest absolute Gasteiger partial charge is 0.385 e. The van der Waals surface area contributed by atoms with Crippen LogP contribution >= 0.6 is 0 Å². The normalized spacial score (nSPS) is 42.0. The number of rotatable bonds is 2. The minimum atomic E-state index is -0.777. The Bertz CT molecular complexity index is 431. The molecule has 2 N–H and O–H groups in total. The van der Waals surface area contributed by atoms with Gasteiger partial charge in [0.1, 0.15) is 0 Å². The van der Waals surface area contributed by atoms with Gasteiger partial charge in [-0.2, -0.15) is 0 Å². The van der Waals surface area contributed by atoms with Crippen LogP contribution in [0.15, 0.2) is 47.6 Å². The Morgan fingerprint density at radius 1 is 0.895 bits per heavy atom. The van der Waals surface area contributed by atoms with E-state index in [1.165, 1.54) is 11.1 Å². The summed E-state index contributed by atoms with van der Waals surface area (Å²) in [7, 11) is 0. The lowest BCUT2D eigenvalue weighted by Gasteiger charge is -2.36. The van der Waals surface area contributed by atoms with Gasteiger partial charge in [-0.15, -0.1) is 0 Å². The van der Waals surface area contributed by atoms with Gasteiger partial charge in [-0.3, -0.25) is 0 Å². The van der Waals surface area contributed by atoms with Crippen LogP contribution in [0.25, 0.3) is 0 Å². The number of allylic oxidation sites excluding steroid dienone is 4. The van der Waals surface area contributed by atoms with E-state index in [1.807, 2.05) is 38.2 Å². The molecule has 2 aliphatic carbocycles. The summed E-state index contributed by atoms with van der Waals surface area (Å²) in [6.45, 7) is 7.79. The molecule has 2 nitrogen and oxygen atoms in total. The topological polar surface area (TPSA) is 40.5 Å². The predicted octanol–water partition coefficient (Wildman–Crippen LogP) is 3.14.